The van der Waals surface area contributed by atoms with Crippen LogP contribution in [0.1, 0.15) is 329 Å². The van der Waals surface area contributed by atoms with Gasteiger partial charge in [-0.1, -0.05) is 217 Å². The summed E-state index contributed by atoms with van der Waals surface area (Å²) in [4.78, 5) is 36.1. The normalized spacial score (nSPS) is 10.3. The number of hydrogen-bond donors (Lipinski definition) is 0. The van der Waals surface area contributed by atoms with E-state index in [9.17, 15) is 0 Å². The standard InChI is InChI=1S/C11H17N.2C11H16.C10H15N.C9H10N2.3C9H13N.C8H10BrN.C8H10ClN.CH4/c1-5-10-6-12-7-11(8(2)3)9(10)4;2*1-8(2)11-7-5-6-9(3)10(11)4;1-7(2)10-6-11-9(4)5-8(10)3;1-7(2)8-6-11-5-4-9(8)10-3;3*1-7(2)9-6-10-5-4-8(9)3;2*1-6(2)7-5-10-4-3-8(7)9;/h6-8H,5H2,1-4H3;2*5-8H,1-4H3;5-7H,1-4H3;4-7H,1-2H3;3*4-7H,1-3H3;2*3-6H,1-2H3;1H4. The van der Waals surface area contributed by atoms with Gasteiger partial charge in [0.2, 0.25) is 0 Å². The summed E-state index contributed by atoms with van der Waals surface area (Å²) in [6.45, 7) is 74.0. The van der Waals surface area contributed by atoms with Crippen LogP contribution in [0.2, 0.25) is 5.02 Å². The second-order valence-electron chi connectivity index (χ2n) is 30.2. The van der Waals surface area contributed by atoms with Crippen LogP contribution in [0.25, 0.3) is 4.85 Å². The Bertz CT molecular complexity index is 3810. The molecule has 0 amide bonds. The molecule has 0 unspecified atom stereocenters. The highest BCUT2D eigenvalue weighted by molar-refractivity contribution is 9.10. The number of rotatable bonds is 11. The van der Waals surface area contributed by atoms with Crippen molar-refractivity contribution in [2.24, 2.45) is 0 Å². The van der Waals surface area contributed by atoms with Gasteiger partial charge < -0.3 is 0 Å². The maximum absolute atomic E-state index is 6.88. The van der Waals surface area contributed by atoms with E-state index in [1.54, 1.807) is 30.9 Å². The van der Waals surface area contributed by atoms with Gasteiger partial charge in [-0.25, -0.2) is 4.85 Å². The van der Waals surface area contributed by atoms with Gasteiger partial charge in [-0.2, -0.15) is 0 Å². The van der Waals surface area contributed by atoms with E-state index < -0.39 is 0 Å². The molecule has 0 saturated heterocycles. The van der Waals surface area contributed by atoms with Crippen LogP contribution in [-0.2, 0) is 6.42 Å². The zero-order valence-corrected chi connectivity index (χ0v) is 73.3. The molecule has 0 atom stereocenters. The molecule has 0 spiro atoms. The minimum absolute atomic E-state index is 0. The Kier molecular flexibility index (Phi) is 48.8. The zero-order chi connectivity index (χ0) is 80.5. The van der Waals surface area contributed by atoms with Crippen LogP contribution in [0.4, 0.5) is 5.69 Å². The Balaban J connectivity index is 0.00000117. The van der Waals surface area contributed by atoms with E-state index in [0.29, 0.717) is 59.2 Å². The third kappa shape index (κ3) is 36.6. The Morgan fingerprint density at radius 2 is 0.645 bits per heavy atom. The van der Waals surface area contributed by atoms with Crippen molar-refractivity contribution in [2.75, 3.05) is 0 Å². The fraction of sp³-hybridized carbons (Fsp3) is 0.448. The highest BCUT2D eigenvalue weighted by atomic mass is 79.9. The first-order valence-electron chi connectivity index (χ1n) is 38.1. The van der Waals surface area contributed by atoms with Crippen LogP contribution < -0.4 is 0 Å². The van der Waals surface area contributed by atoms with Crippen LogP contribution in [0.5, 0.6) is 0 Å². The lowest BCUT2D eigenvalue weighted by atomic mass is 9.95. The van der Waals surface area contributed by atoms with Crippen LogP contribution in [0, 0.1) is 75.8 Å². The van der Waals surface area contributed by atoms with E-state index in [1.165, 1.54) is 100 Å². The molecule has 0 radical (unpaired) electrons. The Morgan fingerprint density at radius 3 is 0.925 bits per heavy atom. The molecule has 8 heterocycles. The van der Waals surface area contributed by atoms with E-state index in [0.717, 1.165) is 38.4 Å². The Labute approximate surface area is 666 Å². The number of halogens is 2. The van der Waals surface area contributed by atoms with Crippen molar-refractivity contribution >= 4 is 33.2 Å². The van der Waals surface area contributed by atoms with E-state index in [1.807, 2.05) is 87.2 Å². The van der Waals surface area contributed by atoms with Gasteiger partial charge in [0.25, 0.3) is 0 Å². The number of benzene rings is 2. The summed E-state index contributed by atoms with van der Waals surface area (Å²) in [6.07, 6.45) is 29.0. The van der Waals surface area contributed by atoms with E-state index in [2.05, 4.69) is 329 Å². The van der Waals surface area contributed by atoms with Gasteiger partial charge in [-0.05, 0) is 289 Å². The molecule has 0 aliphatic rings. The van der Waals surface area contributed by atoms with Gasteiger partial charge in [0, 0.05) is 108 Å². The lowest BCUT2D eigenvalue weighted by Crippen LogP contribution is -1.97. The number of hydrogen-bond acceptors (Lipinski definition) is 8. The SMILES string of the molecule is C.CC(C)c1cnccc1Br.CC(C)c1cnccc1Cl.CCc1cncc(C(C)C)c1C.Cc1cc(C)c(C(C)C)cn1.Cc1cccc(C(C)C)c1C.Cc1cccc(C(C)C)c1C.Cc1ccncc1C(C)C.Cc1ccncc1C(C)C.Cc1ccncc1C(C)C.[C-]#[N+]c1ccncc1C(C)C. The molecule has 107 heavy (non-hydrogen) atoms. The summed E-state index contributed by atoms with van der Waals surface area (Å²) >= 11 is 9.34. The average Bonchev–Trinajstić information content (AvgIpc) is 0.860. The van der Waals surface area contributed by atoms with Gasteiger partial charge in [0.1, 0.15) is 0 Å². The van der Waals surface area contributed by atoms with Crippen molar-refractivity contribution in [3.63, 3.8) is 0 Å². The van der Waals surface area contributed by atoms with E-state index in [4.69, 9.17) is 18.2 Å². The molecule has 10 rings (SSSR count). The maximum Gasteiger partial charge on any atom is 0.193 e. The van der Waals surface area contributed by atoms with E-state index in [-0.39, 0.29) is 7.43 Å². The van der Waals surface area contributed by atoms with Gasteiger partial charge in [-0.3, -0.25) is 39.9 Å². The monoisotopic (exact) mass is 1530 g/mol. The predicted octanol–water partition coefficient (Wildman–Crippen LogP) is 29.5. The summed E-state index contributed by atoms with van der Waals surface area (Å²) in [5.74, 6) is 5.63. The quantitative estimate of drug-likeness (QED) is 0.118. The molecular weight excluding hydrogens is 1390 g/mol. The van der Waals surface area contributed by atoms with Crippen LogP contribution in [-0.4, -0.2) is 39.9 Å². The number of aromatic nitrogens is 8. The molecule has 0 N–H and O–H groups in total. The van der Waals surface area contributed by atoms with Crippen molar-refractivity contribution < 1.29 is 0 Å². The predicted molar refractivity (Wildman–Crippen MR) is 470 cm³/mol. The van der Waals surface area contributed by atoms with Gasteiger partial charge in [0.15, 0.2) is 5.69 Å². The van der Waals surface area contributed by atoms with Gasteiger partial charge in [-0.15, -0.1) is 0 Å². The third-order valence-electron chi connectivity index (χ3n) is 18.3. The second-order valence-corrected chi connectivity index (χ2v) is 31.5. The second kappa shape index (κ2) is 52.8. The first-order valence-corrected chi connectivity index (χ1v) is 39.2. The number of aryl methyl sites for hydroxylation is 8. The Morgan fingerprint density at radius 1 is 0.327 bits per heavy atom. The highest BCUT2D eigenvalue weighted by Gasteiger charge is 2.10. The van der Waals surface area contributed by atoms with Crippen molar-refractivity contribution in [2.45, 2.75) is 288 Å². The molecule has 0 aliphatic heterocycles. The molecule has 0 aliphatic carbocycles. The fourth-order valence-corrected chi connectivity index (χ4v) is 12.5. The van der Waals surface area contributed by atoms with Crippen molar-refractivity contribution in [1.29, 1.82) is 0 Å². The summed E-state index contributed by atoms with van der Waals surface area (Å²) in [5, 5.41) is 0.810. The first-order chi connectivity index (χ1) is 49.9. The maximum atomic E-state index is 6.88. The van der Waals surface area contributed by atoms with Crippen LogP contribution in [0.3, 0.4) is 0 Å². The molecular formula is C96H137BrClN9. The molecule has 0 saturated carbocycles. The Hall–Kier alpha value is -8.10. The highest BCUT2D eigenvalue weighted by Crippen LogP contribution is 2.28. The smallest absolute Gasteiger partial charge is 0.193 e. The molecule has 10 aromatic rings. The largest absolute Gasteiger partial charge is 0.267 e. The minimum atomic E-state index is 0. The number of pyridine rings is 8. The molecule has 0 fully saturated rings. The molecule has 8 aromatic heterocycles. The third-order valence-corrected chi connectivity index (χ3v) is 19.4. The molecule has 580 valence electrons. The topological polar surface area (TPSA) is 107 Å². The summed E-state index contributed by atoms with van der Waals surface area (Å²) in [5.41, 5.74) is 28.8. The zero-order valence-electron chi connectivity index (χ0n) is 70.9. The summed E-state index contributed by atoms with van der Waals surface area (Å²) < 4.78 is 1.15. The van der Waals surface area contributed by atoms with Crippen molar-refractivity contribution in [3.8, 4) is 0 Å². The van der Waals surface area contributed by atoms with E-state index >= 15 is 0 Å². The van der Waals surface area contributed by atoms with Crippen LogP contribution in [0.15, 0.2) is 176 Å². The first kappa shape index (κ1) is 98.9. The average molecular weight is 1530 g/mol. The minimum Gasteiger partial charge on any atom is -0.267 e. The lowest BCUT2D eigenvalue weighted by Gasteiger charge is -2.11. The van der Waals surface area contributed by atoms with Crippen molar-refractivity contribution in [1.82, 2.24) is 39.9 Å². The lowest BCUT2D eigenvalue weighted by molar-refractivity contribution is 0.838. The van der Waals surface area contributed by atoms with Crippen molar-refractivity contribution in [3.05, 3.63) is 310 Å². The molecule has 2 aromatic carbocycles. The van der Waals surface area contributed by atoms with Gasteiger partial charge >= 0.3 is 0 Å². The summed E-state index contributed by atoms with van der Waals surface area (Å²) in [7, 11) is 0. The summed E-state index contributed by atoms with van der Waals surface area (Å²) in [6, 6.07) is 26.9. The molecule has 0 bridgehead atoms. The van der Waals surface area contributed by atoms with Gasteiger partial charge in [0.05, 0.1) is 6.57 Å². The molecule has 9 nitrogen and oxygen atoms in total. The fourth-order valence-electron chi connectivity index (χ4n) is 11.5. The molecule has 11 heteroatoms. The van der Waals surface area contributed by atoms with Crippen LogP contribution >= 0.6 is 27.5 Å². The number of nitrogens with zero attached hydrogens (tertiary/aromatic N) is 9.